The van der Waals surface area contributed by atoms with Crippen LogP contribution in [0.1, 0.15) is 65.2 Å². The van der Waals surface area contributed by atoms with Gasteiger partial charge in [0.15, 0.2) is 5.96 Å². The molecule has 3 unspecified atom stereocenters. The number of rotatable bonds is 6. The van der Waals surface area contributed by atoms with Crippen LogP contribution in [0.15, 0.2) is 4.99 Å². The van der Waals surface area contributed by atoms with Crippen molar-refractivity contribution in [2.45, 2.75) is 71.3 Å². The molecule has 3 rings (SSSR count). The van der Waals surface area contributed by atoms with Crippen LogP contribution in [0.5, 0.6) is 0 Å². The minimum atomic E-state index is 0. The maximum absolute atomic E-state index is 12.8. The van der Waals surface area contributed by atoms with Crippen LogP contribution in [0.2, 0.25) is 0 Å². The Balaban J connectivity index is 0.00000320. The third-order valence-electron chi connectivity index (χ3n) is 6.91. The second-order valence-corrected chi connectivity index (χ2v) is 9.81. The highest BCUT2D eigenvalue weighted by molar-refractivity contribution is 14.0. The summed E-state index contributed by atoms with van der Waals surface area (Å²) >= 11 is 0. The van der Waals surface area contributed by atoms with E-state index in [1.165, 1.54) is 38.8 Å². The van der Waals surface area contributed by atoms with Crippen LogP contribution in [-0.2, 0) is 4.79 Å². The largest absolute Gasteiger partial charge is 0.356 e. The van der Waals surface area contributed by atoms with Gasteiger partial charge in [-0.1, -0.05) is 33.1 Å². The average molecular weight is 534 g/mol. The second kappa shape index (κ2) is 13.1. The van der Waals surface area contributed by atoms with E-state index in [-0.39, 0.29) is 29.9 Å². The fourth-order valence-corrected chi connectivity index (χ4v) is 5.56. The maximum Gasteiger partial charge on any atom is 0.225 e. The lowest BCUT2D eigenvalue weighted by Gasteiger charge is -2.35. The molecule has 6 nitrogen and oxygen atoms in total. The van der Waals surface area contributed by atoms with Gasteiger partial charge in [-0.2, -0.15) is 0 Å². The fourth-order valence-electron chi connectivity index (χ4n) is 5.56. The summed E-state index contributed by atoms with van der Waals surface area (Å²) in [5, 5.41) is 7.01. The van der Waals surface area contributed by atoms with Crippen molar-refractivity contribution in [3.8, 4) is 0 Å². The van der Waals surface area contributed by atoms with Gasteiger partial charge in [0.05, 0.1) is 0 Å². The summed E-state index contributed by atoms with van der Waals surface area (Å²) in [7, 11) is 1.84. The van der Waals surface area contributed by atoms with Gasteiger partial charge in [0, 0.05) is 51.7 Å². The van der Waals surface area contributed by atoms with E-state index in [1.807, 2.05) is 7.05 Å². The molecule has 2 aliphatic heterocycles. The molecule has 1 saturated carbocycles. The number of amides is 1. The zero-order valence-electron chi connectivity index (χ0n) is 19.4. The van der Waals surface area contributed by atoms with Crippen molar-refractivity contribution in [1.29, 1.82) is 0 Å². The first-order valence-corrected chi connectivity index (χ1v) is 12.0. The number of piperidine rings is 1. The number of aliphatic imine (C=N–C) groups is 1. The fraction of sp³-hybridized carbons (Fsp3) is 0.913. The van der Waals surface area contributed by atoms with Gasteiger partial charge >= 0.3 is 0 Å². The predicted molar refractivity (Wildman–Crippen MR) is 135 cm³/mol. The molecule has 3 fully saturated rings. The molecule has 0 spiro atoms. The summed E-state index contributed by atoms with van der Waals surface area (Å²) in [6, 6.07) is 0.317. The molecule has 2 heterocycles. The number of carbonyl (C=O) groups is 1. The third kappa shape index (κ3) is 7.84. The Morgan fingerprint density at radius 1 is 1.03 bits per heavy atom. The maximum atomic E-state index is 12.8. The molecule has 1 aliphatic carbocycles. The van der Waals surface area contributed by atoms with Crippen molar-refractivity contribution >= 4 is 35.8 Å². The van der Waals surface area contributed by atoms with Crippen molar-refractivity contribution in [3.05, 3.63) is 0 Å². The van der Waals surface area contributed by atoms with Crippen LogP contribution in [0.25, 0.3) is 0 Å². The molecule has 30 heavy (non-hydrogen) atoms. The lowest BCUT2D eigenvalue weighted by atomic mass is 9.88. The molecular formula is C23H44IN5O. The zero-order valence-corrected chi connectivity index (χ0v) is 21.7. The van der Waals surface area contributed by atoms with Crippen LogP contribution in [0.3, 0.4) is 0 Å². The number of hydrogen-bond donors (Lipinski definition) is 2. The molecule has 7 heteroatoms. The highest BCUT2D eigenvalue weighted by Crippen LogP contribution is 2.26. The summed E-state index contributed by atoms with van der Waals surface area (Å²) in [5.74, 6) is 3.19. The van der Waals surface area contributed by atoms with E-state index in [0.29, 0.717) is 11.9 Å². The second-order valence-electron chi connectivity index (χ2n) is 9.81. The van der Waals surface area contributed by atoms with Gasteiger partial charge in [0.1, 0.15) is 0 Å². The van der Waals surface area contributed by atoms with Gasteiger partial charge in [0.25, 0.3) is 0 Å². The van der Waals surface area contributed by atoms with Gasteiger partial charge < -0.3 is 20.4 Å². The van der Waals surface area contributed by atoms with Crippen molar-refractivity contribution in [3.63, 3.8) is 0 Å². The number of nitrogens with zero attached hydrogens (tertiary/aromatic N) is 3. The van der Waals surface area contributed by atoms with Gasteiger partial charge in [0.2, 0.25) is 5.91 Å². The van der Waals surface area contributed by atoms with Gasteiger partial charge in [-0.3, -0.25) is 9.79 Å². The number of hydrogen-bond acceptors (Lipinski definition) is 3. The first kappa shape index (κ1) is 25.7. The summed E-state index contributed by atoms with van der Waals surface area (Å²) in [4.78, 5) is 21.8. The third-order valence-corrected chi connectivity index (χ3v) is 6.91. The summed E-state index contributed by atoms with van der Waals surface area (Å²) in [5.41, 5.74) is 0. The molecule has 3 atom stereocenters. The number of halogens is 1. The summed E-state index contributed by atoms with van der Waals surface area (Å²) < 4.78 is 0. The number of carbonyl (C=O) groups excluding carboxylic acids is 1. The number of likely N-dealkylation sites (tertiary alicyclic amines) is 2. The normalized spacial score (nSPS) is 28.8. The molecule has 0 bridgehead atoms. The van der Waals surface area contributed by atoms with Crippen molar-refractivity contribution in [2.75, 3.05) is 46.3 Å². The Bertz CT molecular complexity index is 542. The molecule has 0 aromatic heterocycles. The minimum Gasteiger partial charge on any atom is -0.356 e. The average Bonchev–Trinajstić information content (AvgIpc) is 3.18. The van der Waals surface area contributed by atoms with Gasteiger partial charge in [-0.05, 0) is 50.5 Å². The van der Waals surface area contributed by atoms with Gasteiger partial charge in [-0.25, -0.2) is 0 Å². The number of guanidine groups is 1. The van der Waals surface area contributed by atoms with Crippen LogP contribution < -0.4 is 10.6 Å². The standard InChI is InChI=1S/C23H43N5O.HI/c1-18-14-19(2)16-27(15-18)12-7-11-25-23(24-3)26-21-10-13-28(17-21)22(29)20-8-5-4-6-9-20;/h18-21H,4-17H2,1-3H3,(H2,24,25,26);1H. The molecule has 3 aliphatic rings. The van der Waals surface area contributed by atoms with E-state index in [4.69, 9.17) is 0 Å². The Kier molecular flexibility index (Phi) is 11.2. The lowest BCUT2D eigenvalue weighted by molar-refractivity contribution is -0.135. The lowest BCUT2D eigenvalue weighted by Crippen LogP contribution is -2.46. The van der Waals surface area contributed by atoms with E-state index in [9.17, 15) is 4.79 Å². The first-order valence-electron chi connectivity index (χ1n) is 12.0. The van der Waals surface area contributed by atoms with E-state index in [2.05, 4.69) is 39.3 Å². The molecule has 174 valence electrons. The topological polar surface area (TPSA) is 60.0 Å². The van der Waals surface area contributed by atoms with Crippen LogP contribution >= 0.6 is 24.0 Å². The SMILES string of the molecule is CN=C(NCCCN1CC(C)CC(C)C1)NC1CCN(C(=O)C2CCCCC2)C1.I. The highest BCUT2D eigenvalue weighted by Gasteiger charge is 2.31. The van der Waals surface area contributed by atoms with Crippen LogP contribution in [0.4, 0.5) is 0 Å². The molecule has 1 amide bonds. The molecule has 0 aromatic rings. The quantitative estimate of drug-likeness (QED) is 0.238. The van der Waals surface area contributed by atoms with E-state index in [1.54, 1.807) is 0 Å². The molecule has 2 saturated heterocycles. The Morgan fingerprint density at radius 2 is 1.73 bits per heavy atom. The van der Waals surface area contributed by atoms with Crippen molar-refractivity contribution < 1.29 is 4.79 Å². The Morgan fingerprint density at radius 3 is 2.40 bits per heavy atom. The summed E-state index contributed by atoms with van der Waals surface area (Å²) in [6.45, 7) is 11.0. The summed E-state index contributed by atoms with van der Waals surface area (Å²) in [6.07, 6.45) is 9.43. The molecule has 0 radical (unpaired) electrons. The number of nitrogens with one attached hydrogen (secondary N) is 2. The zero-order chi connectivity index (χ0) is 20.6. The Labute approximate surface area is 201 Å². The van der Waals surface area contributed by atoms with Gasteiger partial charge in [-0.15, -0.1) is 24.0 Å². The van der Waals surface area contributed by atoms with Crippen molar-refractivity contribution in [2.24, 2.45) is 22.7 Å². The van der Waals surface area contributed by atoms with Crippen molar-refractivity contribution in [1.82, 2.24) is 20.4 Å². The monoisotopic (exact) mass is 533 g/mol. The van der Waals surface area contributed by atoms with E-state index >= 15 is 0 Å². The van der Waals surface area contributed by atoms with E-state index in [0.717, 1.165) is 69.7 Å². The van der Waals surface area contributed by atoms with Crippen LogP contribution in [0, 0.1) is 17.8 Å². The molecular weight excluding hydrogens is 489 g/mol. The van der Waals surface area contributed by atoms with Crippen LogP contribution in [-0.4, -0.2) is 74.0 Å². The van der Waals surface area contributed by atoms with E-state index < -0.39 is 0 Å². The first-order chi connectivity index (χ1) is 14.0. The highest BCUT2D eigenvalue weighted by atomic mass is 127. The smallest absolute Gasteiger partial charge is 0.225 e. The minimum absolute atomic E-state index is 0. The molecule has 0 aromatic carbocycles. The predicted octanol–water partition coefficient (Wildman–Crippen LogP) is 3.32. The Hall–Kier alpha value is -0.570. The molecule has 2 N–H and O–H groups in total.